The molecule has 1 spiro atoms. The molecule has 2 aliphatic rings. The molecule has 6 heteroatoms. The Balaban J connectivity index is 1.79. The summed E-state index contributed by atoms with van der Waals surface area (Å²) in [4.78, 5) is 27.9. The van der Waals surface area contributed by atoms with Gasteiger partial charge >= 0.3 is 0 Å². The highest BCUT2D eigenvalue weighted by Gasteiger charge is 2.47. The lowest BCUT2D eigenvalue weighted by atomic mass is 9.83. The van der Waals surface area contributed by atoms with Crippen molar-refractivity contribution >= 4 is 11.8 Å². The van der Waals surface area contributed by atoms with Gasteiger partial charge in [0.2, 0.25) is 11.8 Å². The summed E-state index contributed by atoms with van der Waals surface area (Å²) in [5, 5.41) is 3.12. The molecule has 1 N–H and O–H groups in total. The first-order chi connectivity index (χ1) is 13.4. The third-order valence-electron chi connectivity index (χ3n) is 6.08. The van der Waals surface area contributed by atoms with E-state index in [0.29, 0.717) is 6.61 Å². The monoisotopic (exact) mass is 387 g/mol. The Kier molecular flexibility index (Phi) is 6.60. The first kappa shape index (κ1) is 20.6. The smallest absolute Gasteiger partial charge is 0.219 e. The topological polar surface area (TPSA) is 61.9 Å². The maximum atomic E-state index is 11.8. The summed E-state index contributed by atoms with van der Waals surface area (Å²) in [6.07, 6.45) is 3.81. The molecule has 0 aromatic heterocycles. The highest BCUT2D eigenvalue weighted by Crippen LogP contribution is 2.40. The first-order valence-corrected chi connectivity index (χ1v) is 10.4. The minimum atomic E-state index is 0.0230. The second kappa shape index (κ2) is 8.95. The van der Waals surface area contributed by atoms with Crippen LogP contribution in [0.25, 0.3) is 0 Å². The molecule has 2 heterocycles. The standard InChI is InChI=1S/C22H33N3O3/c1-4-13-28-21-8-6-5-7-19(21)15-25-16-20(23-17(2)26)14-22(25)9-11-24(12-10-22)18(3)27/h5-8,20H,4,9-16H2,1-3H3,(H,23,26). The van der Waals surface area contributed by atoms with Crippen molar-refractivity contribution in [3.8, 4) is 5.75 Å². The number of ether oxygens (including phenoxy) is 1. The molecule has 2 fully saturated rings. The van der Waals surface area contributed by atoms with Gasteiger partial charge in [-0.25, -0.2) is 0 Å². The van der Waals surface area contributed by atoms with Crippen LogP contribution >= 0.6 is 0 Å². The molecule has 0 bridgehead atoms. The number of likely N-dealkylation sites (tertiary alicyclic amines) is 2. The molecule has 2 amide bonds. The Labute approximate surface area is 168 Å². The fourth-order valence-electron chi connectivity index (χ4n) is 4.68. The first-order valence-electron chi connectivity index (χ1n) is 10.4. The number of nitrogens with zero attached hydrogens (tertiary/aromatic N) is 2. The van der Waals surface area contributed by atoms with Crippen molar-refractivity contribution in [3.63, 3.8) is 0 Å². The number of rotatable bonds is 6. The Morgan fingerprint density at radius 2 is 1.93 bits per heavy atom. The van der Waals surface area contributed by atoms with E-state index >= 15 is 0 Å². The zero-order valence-corrected chi connectivity index (χ0v) is 17.4. The molecule has 2 aliphatic heterocycles. The Bertz CT molecular complexity index is 698. The van der Waals surface area contributed by atoms with E-state index in [1.807, 2.05) is 17.0 Å². The SMILES string of the molecule is CCCOc1ccccc1CN1CC(NC(C)=O)CC12CCN(C(C)=O)CC2. The number of piperidine rings is 1. The molecule has 6 nitrogen and oxygen atoms in total. The number of para-hydroxylation sites is 1. The van der Waals surface area contributed by atoms with Crippen molar-refractivity contribution in [2.24, 2.45) is 0 Å². The summed E-state index contributed by atoms with van der Waals surface area (Å²) in [5.41, 5.74) is 1.21. The van der Waals surface area contributed by atoms with Crippen molar-refractivity contribution in [1.29, 1.82) is 0 Å². The van der Waals surface area contributed by atoms with E-state index < -0.39 is 0 Å². The van der Waals surface area contributed by atoms with E-state index in [1.165, 1.54) is 5.56 Å². The molecule has 0 saturated carbocycles. The van der Waals surface area contributed by atoms with Crippen LogP contribution in [0.5, 0.6) is 5.75 Å². The van der Waals surface area contributed by atoms with E-state index in [0.717, 1.165) is 57.6 Å². The normalized spacial score (nSPS) is 21.7. The number of carbonyl (C=O) groups is 2. The van der Waals surface area contributed by atoms with Crippen LogP contribution in [0.1, 0.15) is 52.0 Å². The molecule has 154 valence electrons. The van der Waals surface area contributed by atoms with Crippen LogP contribution in [0.2, 0.25) is 0 Å². The molecule has 1 atom stereocenters. The van der Waals surface area contributed by atoms with Crippen molar-refractivity contribution < 1.29 is 14.3 Å². The van der Waals surface area contributed by atoms with Crippen molar-refractivity contribution in [2.75, 3.05) is 26.2 Å². The molecule has 3 rings (SSSR count). The summed E-state index contributed by atoms with van der Waals surface area (Å²) in [6, 6.07) is 8.40. The van der Waals surface area contributed by atoms with Gasteiger partial charge in [0.25, 0.3) is 0 Å². The van der Waals surface area contributed by atoms with Gasteiger partial charge in [0.15, 0.2) is 0 Å². The van der Waals surface area contributed by atoms with Gasteiger partial charge < -0.3 is 15.0 Å². The highest BCUT2D eigenvalue weighted by atomic mass is 16.5. The molecule has 1 aromatic carbocycles. The number of benzene rings is 1. The Morgan fingerprint density at radius 3 is 2.57 bits per heavy atom. The van der Waals surface area contributed by atoms with Gasteiger partial charge in [-0.05, 0) is 31.7 Å². The van der Waals surface area contributed by atoms with Crippen LogP contribution < -0.4 is 10.1 Å². The summed E-state index contributed by atoms with van der Waals surface area (Å²) in [6.45, 7) is 9.26. The number of hydrogen-bond acceptors (Lipinski definition) is 4. The molecule has 28 heavy (non-hydrogen) atoms. The second-order valence-corrected chi connectivity index (χ2v) is 8.17. The summed E-state index contributed by atoms with van der Waals surface area (Å²) in [5.74, 6) is 1.12. The molecular formula is C22H33N3O3. The summed E-state index contributed by atoms with van der Waals surface area (Å²) in [7, 11) is 0. The van der Waals surface area contributed by atoms with Gasteiger partial charge in [-0.3, -0.25) is 14.5 Å². The van der Waals surface area contributed by atoms with E-state index in [4.69, 9.17) is 4.74 Å². The van der Waals surface area contributed by atoms with Crippen molar-refractivity contribution in [3.05, 3.63) is 29.8 Å². The zero-order valence-electron chi connectivity index (χ0n) is 17.4. The van der Waals surface area contributed by atoms with Crippen LogP contribution in [0.3, 0.4) is 0 Å². The highest BCUT2D eigenvalue weighted by molar-refractivity contribution is 5.73. The van der Waals surface area contributed by atoms with E-state index in [2.05, 4.69) is 29.3 Å². The van der Waals surface area contributed by atoms with E-state index in [-0.39, 0.29) is 23.4 Å². The summed E-state index contributed by atoms with van der Waals surface area (Å²) >= 11 is 0. The van der Waals surface area contributed by atoms with Gasteiger partial charge in [-0.15, -0.1) is 0 Å². The Hall–Kier alpha value is -2.08. The lowest BCUT2D eigenvalue weighted by Gasteiger charge is -2.45. The van der Waals surface area contributed by atoms with Gasteiger partial charge in [0, 0.05) is 57.2 Å². The Morgan fingerprint density at radius 1 is 1.21 bits per heavy atom. The lowest BCUT2D eigenvalue weighted by molar-refractivity contribution is -0.131. The number of amides is 2. The van der Waals surface area contributed by atoms with Crippen LogP contribution in [0, 0.1) is 0 Å². The van der Waals surface area contributed by atoms with Gasteiger partial charge in [-0.2, -0.15) is 0 Å². The maximum Gasteiger partial charge on any atom is 0.219 e. The van der Waals surface area contributed by atoms with Crippen LogP contribution in [-0.2, 0) is 16.1 Å². The molecule has 1 unspecified atom stereocenters. The zero-order chi connectivity index (χ0) is 20.1. The van der Waals surface area contributed by atoms with E-state index in [1.54, 1.807) is 13.8 Å². The fraction of sp³-hybridized carbons (Fsp3) is 0.636. The third-order valence-corrected chi connectivity index (χ3v) is 6.08. The molecular weight excluding hydrogens is 354 g/mol. The molecule has 0 radical (unpaired) electrons. The minimum absolute atomic E-state index is 0.0230. The van der Waals surface area contributed by atoms with Gasteiger partial charge in [0.1, 0.15) is 5.75 Å². The van der Waals surface area contributed by atoms with Crippen molar-refractivity contribution in [2.45, 2.75) is 64.6 Å². The fourth-order valence-corrected chi connectivity index (χ4v) is 4.68. The predicted octanol–water partition coefficient (Wildman–Crippen LogP) is 2.57. The minimum Gasteiger partial charge on any atom is -0.493 e. The number of hydrogen-bond donors (Lipinski definition) is 1. The van der Waals surface area contributed by atoms with Gasteiger partial charge in [-0.1, -0.05) is 25.1 Å². The van der Waals surface area contributed by atoms with E-state index in [9.17, 15) is 9.59 Å². The summed E-state index contributed by atoms with van der Waals surface area (Å²) < 4.78 is 5.96. The van der Waals surface area contributed by atoms with Crippen LogP contribution in [0.15, 0.2) is 24.3 Å². The maximum absolute atomic E-state index is 11.8. The van der Waals surface area contributed by atoms with Crippen LogP contribution in [-0.4, -0.2) is 59.4 Å². The quantitative estimate of drug-likeness (QED) is 0.815. The second-order valence-electron chi connectivity index (χ2n) is 8.17. The number of carbonyl (C=O) groups excluding carboxylic acids is 2. The lowest BCUT2D eigenvalue weighted by Crippen LogP contribution is -2.52. The average molecular weight is 388 g/mol. The van der Waals surface area contributed by atoms with Gasteiger partial charge in [0.05, 0.1) is 6.61 Å². The van der Waals surface area contributed by atoms with Crippen LogP contribution in [0.4, 0.5) is 0 Å². The molecule has 1 aromatic rings. The average Bonchev–Trinajstić information content (AvgIpc) is 2.97. The van der Waals surface area contributed by atoms with Crippen molar-refractivity contribution in [1.82, 2.24) is 15.1 Å². The largest absolute Gasteiger partial charge is 0.493 e. The predicted molar refractivity (Wildman–Crippen MR) is 109 cm³/mol. The third kappa shape index (κ3) is 4.66. The molecule has 2 saturated heterocycles. The molecule has 0 aliphatic carbocycles. The number of nitrogens with one attached hydrogen (secondary N) is 1.